The summed E-state index contributed by atoms with van der Waals surface area (Å²) in [6.45, 7) is 6.27. The van der Waals surface area contributed by atoms with Crippen molar-refractivity contribution in [3.05, 3.63) is 64.4 Å². The van der Waals surface area contributed by atoms with E-state index in [4.69, 9.17) is 14.2 Å². The van der Waals surface area contributed by atoms with Crippen LogP contribution in [0.1, 0.15) is 31.1 Å². The van der Waals surface area contributed by atoms with Gasteiger partial charge >= 0.3 is 0 Å². The van der Waals surface area contributed by atoms with Crippen molar-refractivity contribution in [3.8, 4) is 0 Å². The van der Waals surface area contributed by atoms with E-state index in [1.54, 1.807) is 6.20 Å². The number of aromatic nitrogens is 1. The molecule has 24 heavy (non-hydrogen) atoms. The van der Waals surface area contributed by atoms with Gasteiger partial charge in [0.1, 0.15) is 0 Å². The Balaban J connectivity index is 1.56. The SMILES string of the molecule is CC(COCCOC(C)c1cncc(Br)c1)OCc1ccccc1. The minimum absolute atomic E-state index is 0.00893. The van der Waals surface area contributed by atoms with Gasteiger partial charge in [-0.05, 0) is 47.0 Å². The van der Waals surface area contributed by atoms with Crippen molar-refractivity contribution in [1.82, 2.24) is 4.98 Å². The number of rotatable bonds is 10. The fraction of sp³-hybridized carbons (Fsp3) is 0.421. The van der Waals surface area contributed by atoms with Crippen LogP contribution in [0.4, 0.5) is 0 Å². The zero-order valence-corrected chi connectivity index (χ0v) is 15.7. The molecule has 130 valence electrons. The first kappa shape index (κ1) is 19.1. The molecule has 0 saturated heterocycles. The van der Waals surface area contributed by atoms with Crippen molar-refractivity contribution in [2.24, 2.45) is 0 Å². The molecule has 5 heteroatoms. The summed E-state index contributed by atoms with van der Waals surface area (Å²) in [5.74, 6) is 0. The Hall–Kier alpha value is -1.27. The van der Waals surface area contributed by atoms with Gasteiger partial charge in [-0.1, -0.05) is 30.3 Å². The average molecular weight is 394 g/mol. The smallest absolute Gasteiger partial charge is 0.0813 e. The molecule has 0 spiro atoms. The normalized spacial score (nSPS) is 13.6. The van der Waals surface area contributed by atoms with Gasteiger partial charge in [-0.2, -0.15) is 0 Å². The molecule has 0 aliphatic heterocycles. The van der Waals surface area contributed by atoms with Crippen molar-refractivity contribution < 1.29 is 14.2 Å². The molecule has 2 unspecified atom stereocenters. The highest BCUT2D eigenvalue weighted by Gasteiger charge is 2.07. The van der Waals surface area contributed by atoms with Gasteiger partial charge < -0.3 is 14.2 Å². The van der Waals surface area contributed by atoms with Gasteiger partial charge in [0.15, 0.2) is 0 Å². The van der Waals surface area contributed by atoms with Gasteiger partial charge in [0, 0.05) is 16.9 Å². The van der Waals surface area contributed by atoms with Gasteiger partial charge in [0.25, 0.3) is 0 Å². The van der Waals surface area contributed by atoms with Gasteiger partial charge in [-0.3, -0.25) is 4.98 Å². The van der Waals surface area contributed by atoms with Crippen LogP contribution in [-0.2, 0) is 20.8 Å². The molecular weight excluding hydrogens is 370 g/mol. The Morgan fingerprint density at radius 1 is 1.04 bits per heavy atom. The van der Waals surface area contributed by atoms with Crippen molar-refractivity contribution >= 4 is 15.9 Å². The molecule has 0 fully saturated rings. The number of ether oxygens (including phenoxy) is 3. The topological polar surface area (TPSA) is 40.6 Å². The summed E-state index contributed by atoms with van der Waals surface area (Å²) < 4.78 is 18.1. The van der Waals surface area contributed by atoms with Crippen molar-refractivity contribution in [1.29, 1.82) is 0 Å². The lowest BCUT2D eigenvalue weighted by molar-refractivity contribution is -0.0388. The summed E-state index contributed by atoms with van der Waals surface area (Å²) in [7, 11) is 0. The number of pyridine rings is 1. The Morgan fingerprint density at radius 3 is 2.58 bits per heavy atom. The highest BCUT2D eigenvalue weighted by atomic mass is 79.9. The van der Waals surface area contributed by atoms with E-state index >= 15 is 0 Å². The van der Waals surface area contributed by atoms with Crippen LogP contribution >= 0.6 is 15.9 Å². The lowest BCUT2D eigenvalue weighted by atomic mass is 10.2. The van der Waals surface area contributed by atoms with Crippen molar-refractivity contribution in [2.75, 3.05) is 19.8 Å². The van der Waals surface area contributed by atoms with E-state index in [-0.39, 0.29) is 12.2 Å². The van der Waals surface area contributed by atoms with Gasteiger partial charge in [-0.15, -0.1) is 0 Å². The molecule has 0 aliphatic carbocycles. The van der Waals surface area contributed by atoms with Crippen LogP contribution in [-0.4, -0.2) is 30.9 Å². The predicted molar refractivity (Wildman–Crippen MR) is 97.8 cm³/mol. The molecule has 2 atom stereocenters. The summed E-state index contributed by atoms with van der Waals surface area (Å²) in [5.41, 5.74) is 2.22. The highest BCUT2D eigenvalue weighted by molar-refractivity contribution is 9.10. The van der Waals surface area contributed by atoms with Gasteiger partial charge in [0.2, 0.25) is 0 Å². The first-order chi connectivity index (χ1) is 11.6. The molecule has 2 rings (SSSR count). The van der Waals surface area contributed by atoms with Crippen LogP contribution in [0.15, 0.2) is 53.3 Å². The van der Waals surface area contributed by atoms with Crippen LogP contribution in [0.3, 0.4) is 0 Å². The van der Waals surface area contributed by atoms with E-state index < -0.39 is 0 Å². The fourth-order valence-electron chi connectivity index (χ4n) is 2.14. The van der Waals surface area contributed by atoms with E-state index in [9.17, 15) is 0 Å². The number of benzene rings is 1. The maximum absolute atomic E-state index is 5.77. The second-order valence-electron chi connectivity index (χ2n) is 5.63. The predicted octanol–water partition coefficient (Wildman–Crippen LogP) is 4.54. The van der Waals surface area contributed by atoms with Crippen LogP contribution in [0.2, 0.25) is 0 Å². The second-order valence-corrected chi connectivity index (χ2v) is 6.55. The lowest BCUT2D eigenvalue weighted by Gasteiger charge is -2.16. The molecule has 0 amide bonds. The van der Waals surface area contributed by atoms with Crippen molar-refractivity contribution in [2.45, 2.75) is 32.7 Å². The molecule has 0 bridgehead atoms. The Labute approximate surface area is 152 Å². The van der Waals surface area contributed by atoms with Crippen molar-refractivity contribution in [3.63, 3.8) is 0 Å². The molecule has 1 aromatic heterocycles. The van der Waals surface area contributed by atoms with E-state index in [0.717, 1.165) is 10.0 Å². The minimum Gasteiger partial charge on any atom is -0.376 e. The molecule has 0 aliphatic rings. The van der Waals surface area contributed by atoms with E-state index in [1.165, 1.54) is 5.56 Å². The number of halogens is 1. The first-order valence-corrected chi connectivity index (χ1v) is 8.90. The molecule has 2 aromatic rings. The van der Waals surface area contributed by atoms with E-state index in [1.807, 2.05) is 44.3 Å². The molecule has 1 aromatic carbocycles. The maximum atomic E-state index is 5.77. The third kappa shape index (κ3) is 7.09. The molecule has 0 radical (unpaired) electrons. The van der Waals surface area contributed by atoms with E-state index in [2.05, 4.69) is 33.0 Å². The third-order valence-corrected chi connectivity index (χ3v) is 3.95. The highest BCUT2D eigenvalue weighted by Crippen LogP contribution is 2.19. The molecular formula is C19H24BrNO3. The van der Waals surface area contributed by atoms with E-state index in [0.29, 0.717) is 26.4 Å². The standard InChI is InChI=1S/C19H24BrNO3/c1-15(24-14-17-6-4-3-5-7-17)13-22-8-9-23-16(2)18-10-19(20)12-21-11-18/h3-7,10-12,15-16H,8-9,13-14H2,1-2H3. The summed E-state index contributed by atoms with van der Waals surface area (Å²) in [4.78, 5) is 4.14. The molecule has 1 heterocycles. The average Bonchev–Trinajstić information content (AvgIpc) is 2.60. The van der Waals surface area contributed by atoms with Crippen LogP contribution < -0.4 is 0 Å². The Morgan fingerprint density at radius 2 is 1.83 bits per heavy atom. The Kier molecular flexibility index (Phi) is 8.39. The molecule has 4 nitrogen and oxygen atoms in total. The molecule has 0 N–H and O–H groups in total. The summed E-state index contributed by atoms with van der Waals surface area (Å²) in [6, 6.07) is 12.1. The largest absolute Gasteiger partial charge is 0.376 e. The summed E-state index contributed by atoms with van der Waals surface area (Å²) >= 11 is 3.41. The zero-order chi connectivity index (χ0) is 17.2. The number of nitrogens with zero attached hydrogens (tertiary/aromatic N) is 1. The summed E-state index contributed by atoms with van der Waals surface area (Å²) in [5, 5.41) is 0. The second kappa shape index (κ2) is 10.6. The first-order valence-electron chi connectivity index (χ1n) is 8.10. The zero-order valence-electron chi connectivity index (χ0n) is 14.2. The Bertz CT molecular complexity index is 594. The quantitative estimate of drug-likeness (QED) is 0.555. The fourth-order valence-corrected chi connectivity index (χ4v) is 2.52. The third-order valence-electron chi connectivity index (χ3n) is 3.52. The summed E-state index contributed by atoms with van der Waals surface area (Å²) in [6.07, 6.45) is 3.62. The van der Waals surface area contributed by atoms with Crippen LogP contribution in [0.5, 0.6) is 0 Å². The number of hydrogen-bond acceptors (Lipinski definition) is 4. The number of hydrogen-bond donors (Lipinski definition) is 0. The van der Waals surface area contributed by atoms with Crippen LogP contribution in [0.25, 0.3) is 0 Å². The lowest BCUT2D eigenvalue weighted by Crippen LogP contribution is -2.18. The van der Waals surface area contributed by atoms with Crippen LogP contribution in [0, 0.1) is 0 Å². The minimum atomic E-state index is -0.00893. The monoisotopic (exact) mass is 393 g/mol. The molecule has 0 saturated carbocycles. The maximum Gasteiger partial charge on any atom is 0.0813 e. The van der Waals surface area contributed by atoms with Gasteiger partial charge in [-0.25, -0.2) is 0 Å². The van der Waals surface area contributed by atoms with Gasteiger partial charge in [0.05, 0.1) is 38.6 Å².